The molecule has 2 heterocycles. The van der Waals surface area contributed by atoms with E-state index in [1.54, 1.807) is 13.8 Å². The van der Waals surface area contributed by atoms with Crippen LogP contribution in [-0.4, -0.2) is 21.7 Å². The Hall–Kier alpha value is -2.18. The molecule has 0 radical (unpaired) electrons. The Bertz CT molecular complexity index is 1090. The van der Waals surface area contributed by atoms with Gasteiger partial charge in [0.05, 0.1) is 0 Å². The Morgan fingerprint density at radius 1 is 0.625 bits per heavy atom. The molecule has 0 unspecified atom stereocenters. The molecule has 0 fully saturated rings. The second-order valence-electron chi connectivity index (χ2n) is 8.32. The third-order valence-electron chi connectivity index (χ3n) is 5.74. The minimum Gasteiger partial charge on any atom is -0.288 e. The number of pyridine rings is 2. The average molecular weight is 467 g/mol. The van der Waals surface area contributed by atoms with Gasteiger partial charge in [0, 0.05) is 70.5 Å². The second-order valence-corrected chi connectivity index (χ2v) is 10.9. The maximum Gasteiger partial charge on any atom is 0.185 e. The predicted octanol–water partition coefficient (Wildman–Crippen LogP) is 5.28. The first-order valence-electron chi connectivity index (χ1n) is 11.3. The topological polar surface area (TPSA) is 41.9 Å². The monoisotopic (exact) mass is 466 g/mol. The molecule has 0 saturated carbocycles. The van der Waals surface area contributed by atoms with Gasteiger partial charge < -0.3 is 0 Å². The maximum absolute atomic E-state index is 11.1. The molecule has 0 amide bonds. The van der Waals surface area contributed by atoms with Crippen molar-refractivity contribution in [3.05, 3.63) is 49.1 Å². The molecule has 0 aliphatic rings. The number of hydrogen-bond donors (Lipinski definition) is 0. The number of nitrogens with zero attached hydrogens (tertiary/aromatic N) is 2. The molecule has 2 aromatic heterocycles. The van der Waals surface area contributed by atoms with Gasteiger partial charge in [-0.3, -0.25) is 9.59 Å². The van der Waals surface area contributed by atoms with E-state index >= 15 is 0 Å². The summed E-state index contributed by atoms with van der Waals surface area (Å²) in [5.41, 5.74) is 0. The molecule has 0 atom stereocenters. The van der Waals surface area contributed by atoms with Crippen LogP contribution in [0.1, 0.15) is 39.5 Å². The van der Waals surface area contributed by atoms with E-state index in [1.807, 2.05) is 0 Å². The third kappa shape index (κ3) is 5.59. The smallest absolute Gasteiger partial charge is 0.185 e. The Morgan fingerprint density at radius 2 is 0.969 bits per heavy atom. The van der Waals surface area contributed by atoms with Crippen molar-refractivity contribution in [1.82, 2.24) is 0 Å². The Balaban J connectivity index is 1.51. The summed E-state index contributed by atoms with van der Waals surface area (Å²) in [4.78, 5) is 22.2. The van der Waals surface area contributed by atoms with Crippen LogP contribution in [-0.2, 0) is 22.7 Å². The van der Waals surface area contributed by atoms with Crippen molar-refractivity contribution in [3.8, 4) is 0 Å². The number of carbonyl (C=O) groups is 2. The molecule has 4 nitrogen and oxygen atoms in total. The van der Waals surface area contributed by atoms with Gasteiger partial charge in [-0.1, -0.05) is 23.5 Å². The molecule has 2 aromatic carbocycles. The standard InChI is InChI=1S/C26H30N2O2S2/c1-19(29)31-13-5-3-11-27-15-21-7-9-23-17-28(12-4-6-14-32-20(2)30)18-24-10-8-22(16-27)25(21)26(23)24/h7-10,15-18H,3-6,11-14H2,1-2H3/q+2. The fourth-order valence-corrected chi connectivity index (χ4v) is 5.58. The highest BCUT2D eigenvalue weighted by Gasteiger charge is 2.16. The lowest BCUT2D eigenvalue weighted by atomic mass is 9.97. The molecule has 6 heteroatoms. The molecule has 0 aliphatic heterocycles. The van der Waals surface area contributed by atoms with Crippen molar-refractivity contribution in [2.24, 2.45) is 0 Å². The summed E-state index contributed by atoms with van der Waals surface area (Å²) in [6.07, 6.45) is 13.3. The summed E-state index contributed by atoms with van der Waals surface area (Å²) in [6.45, 7) is 5.21. The lowest BCUT2D eigenvalue weighted by molar-refractivity contribution is -0.695. The quantitative estimate of drug-likeness (QED) is 0.181. The number of benzene rings is 2. The van der Waals surface area contributed by atoms with Crippen LogP contribution in [0.5, 0.6) is 0 Å². The van der Waals surface area contributed by atoms with Gasteiger partial charge in [-0.25, -0.2) is 9.13 Å². The van der Waals surface area contributed by atoms with Crippen molar-refractivity contribution in [3.63, 3.8) is 0 Å². The first kappa shape index (κ1) is 23.0. The van der Waals surface area contributed by atoms with Crippen LogP contribution in [0.4, 0.5) is 0 Å². The van der Waals surface area contributed by atoms with Gasteiger partial charge in [0.2, 0.25) is 0 Å². The van der Waals surface area contributed by atoms with E-state index in [0.29, 0.717) is 0 Å². The fraction of sp³-hybridized carbons (Fsp3) is 0.385. The minimum absolute atomic E-state index is 0.203. The van der Waals surface area contributed by atoms with Crippen LogP contribution in [0.3, 0.4) is 0 Å². The van der Waals surface area contributed by atoms with Crippen LogP contribution in [0.2, 0.25) is 0 Å². The van der Waals surface area contributed by atoms with Gasteiger partial charge >= 0.3 is 0 Å². The highest BCUT2D eigenvalue weighted by molar-refractivity contribution is 8.13. The zero-order valence-corrected chi connectivity index (χ0v) is 20.4. The molecule has 166 valence electrons. The number of unbranched alkanes of at least 4 members (excludes halogenated alkanes) is 2. The van der Waals surface area contributed by atoms with E-state index < -0.39 is 0 Å². The summed E-state index contributed by atoms with van der Waals surface area (Å²) in [6, 6.07) is 8.94. The van der Waals surface area contributed by atoms with Gasteiger partial charge in [0.25, 0.3) is 0 Å². The zero-order chi connectivity index (χ0) is 22.5. The Kier molecular flexibility index (Phi) is 7.63. The molecule has 0 saturated heterocycles. The van der Waals surface area contributed by atoms with Crippen molar-refractivity contribution in [2.45, 2.75) is 52.6 Å². The van der Waals surface area contributed by atoms with Crippen molar-refractivity contribution >= 4 is 66.1 Å². The van der Waals surface area contributed by atoms with Crippen LogP contribution in [0.15, 0.2) is 49.1 Å². The highest BCUT2D eigenvalue weighted by atomic mass is 32.2. The largest absolute Gasteiger partial charge is 0.288 e. The summed E-state index contributed by atoms with van der Waals surface area (Å²) >= 11 is 2.84. The molecule has 32 heavy (non-hydrogen) atoms. The second kappa shape index (κ2) is 10.6. The van der Waals surface area contributed by atoms with Crippen LogP contribution >= 0.6 is 23.5 Å². The summed E-state index contributed by atoms with van der Waals surface area (Å²) in [5.74, 6) is 1.81. The molecule has 0 bridgehead atoms. The maximum atomic E-state index is 11.1. The van der Waals surface area contributed by atoms with Crippen molar-refractivity contribution in [2.75, 3.05) is 11.5 Å². The highest BCUT2D eigenvalue weighted by Crippen LogP contribution is 2.32. The minimum atomic E-state index is 0.203. The van der Waals surface area contributed by atoms with E-state index in [0.717, 1.165) is 50.3 Å². The zero-order valence-electron chi connectivity index (χ0n) is 18.8. The normalized spacial score (nSPS) is 11.7. The molecule has 4 rings (SSSR count). The number of carbonyl (C=O) groups excluding carboxylic acids is 2. The molecular weight excluding hydrogens is 436 g/mol. The summed E-state index contributed by atoms with van der Waals surface area (Å²) < 4.78 is 4.58. The van der Waals surface area contributed by atoms with Gasteiger partial charge in [-0.2, -0.15) is 0 Å². The molecule has 0 N–H and O–H groups in total. The van der Waals surface area contributed by atoms with E-state index in [4.69, 9.17) is 0 Å². The van der Waals surface area contributed by atoms with Gasteiger partial charge in [-0.05, 0) is 37.1 Å². The van der Waals surface area contributed by atoms with Crippen LogP contribution < -0.4 is 9.13 Å². The number of thioether (sulfide) groups is 2. The first-order valence-corrected chi connectivity index (χ1v) is 13.3. The number of aromatic nitrogens is 2. The van der Waals surface area contributed by atoms with Crippen LogP contribution in [0, 0.1) is 0 Å². The third-order valence-corrected chi connectivity index (χ3v) is 7.54. The molecule has 0 aliphatic carbocycles. The van der Waals surface area contributed by atoms with Crippen molar-refractivity contribution < 1.29 is 18.7 Å². The molecule has 4 aromatic rings. The van der Waals surface area contributed by atoms with Crippen LogP contribution in [0.25, 0.3) is 32.3 Å². The van der Waals surface area contributed by atoms with E-state index in [9.17, 15) is 9.59 Å². The van der Waals surface area contributed by atoms with E-state index in [2.05, 4.69) is 58.2 Å². The van der Waals surface area contributed by atoms with Gasteiger partial charge in [0.1, 0.15) is 13.1 Å². The number of aryl methyl sites for hydroxylation is 2. The lowest BCUT2D eigenvalue weighted by Crippen LogP contribution is -2.33. The number of rotatable bonds is 10. The van der Waals surface area contributed by atoms with E-state index in [-0.39, 0.29) is 10.2 Å². The van der Waals surface area contributed by atoms with Gasteiger partial charge in [0.15, 0.2) is 35.0 Å². The Morgan fingerprint density at radius 3 is 1.28 bits per heavy atom. The molecule has 0 spiro atoms. The summed E-state index contributed by atoms with van der Waals surface area (Å²) in [5, 5.41) is 8.19. The average Bonchev–Trinajstić information content (AvgIpc) is 2.76. The van der Waals surface area contributed by atoms with Crippen molar-refractivity contribution in [1.29, 1.82) is 0 Å². The lowest BCUT2D eigenvalue weighted by Gasteiger charge is -2.09. The summed E-state index contributed by atoms with van der Waals surface area (Å²) in [7, 11) is 0. The number of hydrogen-bond acceptors (Lipinski definition) is 4. The first-order chi connectivity index (χ1) is 15.5. The predicted molar refractivity (Wildman–Crippen MR) is 135 cm³/mol. The SMILES string of the molecule is CC(=O)SCCCC[n+]1cc2ccc3c[n+](CCCCSC(C)=O)cc4ccc(c1)c2c34. The fourth-order valence-electron chi connectivity index (χ4n) is 4.31. The Labute approximate surface area is 197 Å². The van der Waals surface area contributed by atoms with E-state index in [1.165, 1.54) is 55.8 Å². The van der Waals surface area contributed by atoms with Gasteiger partial charge in [-0.15, -0.1) is 0 Å². The molecular formula is C26H30N2O2S2+2.